The fourth-order valence-electron chi connectivity index (χ4n) is 4.20. The zero-order valence-electron chi connectivity index (χ0n) is 15.4. The number of halogens is 2. The molecule has 146 valence electrons. The Hall–Kier alpha value is -2.80. The zero-order chi connectivity index (χ0) is 19.9. The second-order valence-electron chi connectivity index (χ2n) is 7.06. The number of carbonyl (C=O) groups excluding carboxylic acids is 1. The average Bonchev–Trinajstić information content (AvgIpc) is 3.08. The van der Waals surface area contributed by atoms with Gasteiger partial charge >= 0.3 is 0 Å². The van der Waals surface area contributed by atoms with Crippen molar-refractivity contribution in [2.45, 2.75) is 31.9 Å². The number of rotatable bonds is 3. The molecule has 4 rings (SSSR count). The van der Waals surface area contributed by atoms with Crippen molar-refractivity contribution in [1.29, 1.82) is 0 Å². The Morgan fingerprint density at radius 2 is 2.11 bits per heavy atom. The van der Waals surface area contributed by atoms with Crippen molar-refractivity contribution in [2.24, 2.45) is 11.0 Å². The lowest BCUT2D eigenvalue weighted by Gasteiger charge is -2.44. The smallest absolute Gasteiger partial charge is 0.244 e. The highest BCUT2D eigenvalue weighted by atomic mass is 19.1. The second-order valence-corrected chi connectivity index (χ2v) is 7.06. The van der Waals surface area contributed by atoms with Crippen LogP contribution in [0, 0.1) is 17.6 Å². The van der Waals surface area contributed by atoms with Gasteiger partial charge in [0.15, 0.2) is 0 Å². The van der Waals surface area contributed by atoms with Crippen LogP contribution in [0.25, 0.3) is 0 Å². The summed E-state index contributed by atoms with van der Waals surface area (Å²) in [5.41, 5.74) is 0.316. The number of amides is 1. The minimum Gasteiger partial charge on any atom is -0.443 e. The highest BCUT2D eigenvalue weighted by molar-refractivity contribution is 5.97. The molecule has 28 heavy (non-hydrogen) atoms. The number of ether oxygens (including phenoxy) is 1. The van der Waals surface area contributed by atoms with Gasteiger partial charge in [-0.25, -0.2) is 8.78 Å². The standard InChI is InChI=1S/C21H20F2N2O3/c1-13(27)25-21(28-20(24-25)17-12-16(22)8-9-19(17)23)15(10-11-26)7-6-14-4-2-3-5-18(14)21/h2-5,8-9,12,15,26H,6-7,10-11H2,1H3. The first-order valence-corrected chi connectivity index (χ1v) is 9.20. The van der Waals surface area contributed by atoms with Crippen LogP contribution < -0.4 is 0 Å². The Balaban J connectivity index is 1.89. The molecule has 2 aromatic rings. The van der Waals surface area contributed by atoms with Crippen LogP contribution in [-0.4, -0.2) is 28.5 Å². The summed E-state index contributed by atoms with van der Waals surface area (Å²) in [6.45, 7) is 1.26. The number of hydrogen-bond donors (Lipinski definition) is 1. The summed E-state index contributed by atoms with van der Waals surface area (Å²) < 4.78 is 34.3. The van der Waals surface area contributed by atoms with Crippen molar-refractivity contribution >= 4 is 11.8 Å². The van der Waals surface area contributed by atoms with Gasteiger partial charge in [-0.1, -0.05) is 24.3 Å². The van der Waals surface area contributed by atoms with E-state index in [9.17, 15) is 18.7 Å². The van der Waals surface area contributed by atoms with Gasteiger partial charge in [-0.3, -0.25) is 4.79 Å². The molecule has 1 aliphatic heterocycles. The number of aryl methyl sites for hydroxylation is 1. The van der Waals surface area contributed by atoms with Gasteiger partial charge in [0.2, 0.25) is 17.5 Å². The van der Waals surface area contributed by atoms with E-state index in [0.717, 1.165) is 35.7 Å². The molecular formula is C21H20F2N2O3. The number of aliphatic hydroxyl groups is 1. The fraction of sp³-hybridized carbons (Fsp3) is 0.333. The molecule has 0 radical (unpaired) electrons. The van der Waals surface area contributed by atoms with Gasteiger partial charge in [0.05, 0.1) is 5.56 Å². The van der Waals surface area contributed by atoms with Gasteiger partial charge in [-0.2, -0.15) is 5.01 Å². The highest BCUT2D eigenvalue weighted by Gasteiger charge is 2.56. The molecule has 0 aromatic heterocycles. The number of carbonyl (C=O) groups is 1. The van der Waals surface area contributed by atoms with Crippen molar-refractivity contribution in [1.82, 2.24) is 5.01 Å². The molecule has 0 bridgehead atoms. The summed E-state index contributed by atoms with van der Waals surface area (Å²) >= 11 is 0. The summed E-state index contributed by atoms with van der Waals surface area (Å²) in [5.74, 6) is -2.11. The lowest BCUT2D eigenvalue weighted by molar-refractivity contribution is -0.164. The first kappa shape index (κ1) is 18.6. The molecule has 2 aromatic carbocycles. The number of benzene rings is 2. The third-order valence-corrected chi connectivity index (χ3v) is 5.41. The van der Waals surface area contributed by atoms with Gasteiger partial charge in [0.1, 0.15) is 11.6 Å². The van der Waals surface area contributed by atoms with Crippen LogP contribution in [0.3, 0.4) is 0 Å². The predicted molar refractivity (Wildman–Crippen MR) is 98.1 cm³/mol. The fourth-order valence-corrected chi connectivity index (χ4v) is 4.20. The topological polar surface area (TPSA) is 62.1 Å². The largest absolute Gasteiger partial charge is 0.443 e. The maximum Gasteiger partial charge on any atom is 0.244 e. The molecule has 1 amide bonds. The van der Waals surface area contributed by atoms with Crippen LogP contribution in [-0.2, 0) is 21.7 Å². The minimum atomic E-state index is -1.29. The third-order valence-electron chi connectivity index (χ3n) is 5.41. The quantitative estimate of drug-likeness (QED) is 0.881. The summed E-state index contributed by atoms with van der Waals surface area (Å²) in [6, 6.07) is 10.6. The molecule has 0 saturated heterocycles. The lowest BCUT2D eigenvalue weighted by atomic mass is 9.74. The van der Waals surface area contributed by atoms with Crippen molar-refractivity contribution in [3.63, 3.8) is 0 Å². The van der Waals surface area contributed by atoms with E-state index in [1.807, 2.05) is 24.3 Å². The monoisotopic (exact) mass is 386 g/mol. The number of hydrogen-bond acceptors (Lipinski definition) is 4. The molecule has 0 saturated carbocycles. The van der Waals surface area contributed by atoms with Crippen molar-refractivity contribution in [2.75, 3.05) is 6.61 Å². The lowest BCUT2D eigenvalue weighted by Crippen LogP contribution is -2.52. The summed E-state index contributed by atoms with van der Waals surface area (Å²) in [6.07, 6.45) is 1.81. The molecule has 5 nitrogen and oxygen atoms in total. The Morgan fingerprint density at radius 3 is 2.86 bits per heavy atom. The van der Waals surface area contributed by atoms with Crippen LogP contribution in [0.2, 0.25) is 0 Å². The van der Waals surface area contributed by atoms with Gasteiger partial charge in [0.25, 0.3) is 0 Å². The SMILES string of the molecule is CC(=O)N1N=C(c2cc(F)ccc2F)OC12c1ccccc1CCC2CCO. The highest BCUT2D eigenvalue weighted by Crippen LogP contribution is 2.50. The Bertz CT molecular complexity index is 962. The molecule has 1 aliphatic carbocycles. The summed E-state index contributed by atoms with van der Waals surface area (Å²) in [5, 5.41) is 15.1. The Labute approximate surface area is 161 Å². The van der Waals surface area contributed by atoms with E-state index in [1.54, 1.807) is 0 Å². The van der Waals surface area contributed by atoms with E-state index in [0.29, 0.717) is 12.8 Å². The predicted octanol–water partition coefficient (Wildman–Crippen LogP) is 3.30. The van der Waals surface area contributed by atoms with Crippen molar-refractivity contribution in [3.05, 3.63) is 70.8 Å². The Kier molecular flexibility index (Phi) is 4.63. The molecule has 7 heteroatoms. The van der Waals surface area contributed by atoms with Crippen LogP contribution in [0.4, 0.5) is 8.78 Å². The zero-order valence-corrected chi connectivity index (χ0v) is 15.4. The van der Waals surface area contributed by atoms with Gasteiger partial charge in [-0.15, -0.1) is 5.10 Å². The van der Waals surface area contributed by atoms with E-state index in [1.165, 1.54) is 11.9 Å². The van der Waals surface area contributed by atoms with Gasteiger partial charge < -0.3 is 9.84 Å². The molecular weight excluding hydrogens is 366 g/mol. The molecule has 1 heterocycles. The van der Waals surface area contributed by atoms with Gasteiger partial charge in [0, 0.05) is 25.0 Å². The number of nitrogens with zero attached hydrogens (tertiary/aromatic N) is 2. The normalized spacial score (nSPS) is 23.4. The first-order chi connectivity index (χ1) is 13.5. The van der Waals surface area contributed by atoms with E-state index in [-0.39, 0.29) is 29.9 Å². The average molecular weight is 386 g/mol. The number of aliphatic hydroxyl groups excluding tert-OH is 1. The van der Waals surface area contributed by atoms with E-state index < -0.39 is 17.4 Å². The van der Waals surface area contributed by atoms with Crippen molar-refractivity contribution in [3.8, 4) is 0 Å². The second kappa shape index (κ2) is 6.98. The van der Waals surface area contributed by atoms with E-state index in [4.69, 9.17) is 4.74 Å². The molecule has 1 N–H and O–H groups in total. The van der Waals surface area contributed by atoms with Crippen LogP contribution in [0.1, 0.15) is 36.5 Å². The molecule has 2 unspecified atom stereocenters. The molecule has 0 fully saturated rings. The van der Waals surface area contributed by atoms with Crippen molar-refractivity contribution < 1.29 is 23.4 Å². The van der Waals surface area contributed by atoms with Gasteiger partial charge in [-0.05, 0) is 43.0 Å². The minimum absolute atomic E-state index is 0.0899. The maximum absolute atomic E-state index is 14.4. The number of fused-ring (bicyclic) bond motifs is 2. The summed E-state index contributed by atoms with van der Waals surface area (Å²) in [4.78, 5) is 12.5. The Morgan fingerprint density at radius 1 is 1.32 bits per heavy atom. The molecule has 2 atom stereocenters. The van der Waals surface area contributed by atoms with Crippen LogP contribution >= 0.6 is 0 Å². The van der Waals surface area contributed by atoms with E-state index >= 15 is 0 Å². The van der Waals surface area contributed by atoms with Crippen LogP contribution in [0.15, 0.2) is 47.6 Å². The summed E-state index contributed by atoms with van der Waals surface area (Å²) in [7, 11) is 0. The molecule has 2 aliphatic rings. The third kappa shape index (κ3) is 2.77. The molecule has 1 spiro atoms. The number of hydrazone groups is 1. The maximum atomic E-state index is 14.4. The van der Waals surface area contributed by atoms with E-state index in [2.05, 4.69) is 5.10 Å². The van der Waals surface area contributed by atoms with Crippen LogP contribution in [0.5, 0.6) is 0 Å². The first-order valence-electron chi connectivity index (χ1n) is 9.20.